The summed E-state index contributed by atoms with van der Waals surface area (Å²) in [6, 6.07) is 1.79. The van der Waals surface area contributed by atoms with Gasteiger partial charge >= 0.3 is 0 Å². The maximum atomic E-state index is 7.76. The first-order chi connectivity index (χ1) is 6.15. The summed E-state index contributed by atoms with van der Waals surface area (Å²) in [6.45, 7) is 4.01. The number of aryl methyl sites for hydroxylation is 1. The van der Waals surface area contributed by atoms with Crippen molar-refractivity contribution in [3.63, 3.8) is 0 Å². The van der Waals surface area contributed by atoms with E-state index in [1.54, 1.807) is 12.3 Å². The Morgan fingerprint density at radius 2 is 2.31 bits per heavy atom. The highest BCUT2D eigenvalue weighted by molar-refractivity contribution is 6.29. The number of halogens is 1. The molecule has 0 amide bonds. The summed E-state index contributed by atoms with van der Waals surface area (Å²) in [6.07, 6.45) is 3.46. The predicted molar refractivity (Wildman–Crippen MR) is 55.7 cm³/mol. The van der Waals surface area contributed by atoms with E-state index in [9.17, 15) is 0 Å². The van der Waals surface area contributed by atoms with E-state index < -0.39 is 0 Å². The number of nitrogens with zero attached hydrogens (tertiary/aromatic N) is 1. The fourth-order valence-electron chi connectivity index (χ4n) is 1.22. The van der Waals surface area contributed by atoms with Crippen molar-refractivity contribution in [2.24, 2.45) is 0 Å². The van der Waals surface area contributed by atoms with E-state index in [-0.39, 0.29) is 0 Å². The molecule has 0 aliphatic heterocycles. The summed E-state index contributed by atoms with van der Waals surface area (Å²) in [5.41, 5.74) is 2.58. The lowest BCUT2D eigenvalue weighted by molar-refractivity contribution is 0.983. The molecule has 70 valence electrons. The first-order valence-corrected chi connectivity index (χ1v) is 4.73. The van der Waals surface area contributed by atoms with Crippen molar-refractivity contribution in [3.8, 4) is 0 Å². The molecule has 0 aromatic carbocycles. The second kappa shape index (κ2) is 4.38. The topological polar surface area (TPSA) is 36.7 Å². The van der Waals surface area contributed by atoms with Crippen molar-refractivity contribution in [2.45, 2.75) is 26.7 Å². The minimum absolute atomic E-state index is 0.491. The van der Waals surface area contributed by atoms with Crippen molar-refractivity contribution >= 4 is 17.3 Å². The summed E-state index contributed by atoms with van der Waals surface area (Å²) in [4.78, 5) is 3.97. The number of hydrogen-bond donors (Lipinski definition) is 1. The SMILES string of the molecule is CCCC(=N)c1cnc(Cl)cc1C. The second-order valence-electron chi connectivity index (χ2n) is 3.05. The molecule has 0 saturated carbocycles. The zero-order valence-electron chi connectivity index (χ0n) is 7.89. The highest BCUT2D eigenvalue weighted by atomic mass is 35.5. The Morgan fingerprint density at radius 1 is 1.62 bits per heavy atom. The van der Waals surface area contributed by atoms with E-state index in [1.165, 1.54) is 0 Å². The highest BCUT2D eigenvalue weighted by Gasteiger charge is 2.04. The molecular weight excluding hydrogens is 184 g/mol. The van der Waals surface area contributed by atoms with Gasteiger partial charge in [-0.3, -0.25) is 0 Å². The quantitative estimate of drug-likeness (QED) is 0.585. The Balaban J connectivity index is 2.95. The van der Waals surface area contributed by atoms with Crippen LogP contribution in [-0.2, 0) is 0 Å². The molecule has 3 heteroatoms. The molecule has 1 rings (SSSR count). The summed E-state index contributed by atoms with van der Waals surface area (Å²) in [7, 11) is 0. The highest BCUT2D eigenvalue weighted by Crippen LogP contribution is 2.14. The molecule has 0 spiro atoms. The van der Waals surface area contributed by atoms with Gasteiger partial charge in [-0.05, 0) is 25.0 Å². The van der Waals surface area contributed by atoms with Gasteiger partial charge in [0, 0.05) is 17.5 Å². The third-order valence-corrected chi connectivity index (χ3v) is 2.11. The summed E-state index contributed by atoms with van der Waals surface area (Å²) in [5, 5.41) is 8.25. The van der Waals surface area contributed by atoms with Crippen LogP contribution in [0, 0.1) is 12.3 Å². The van der Waals surface area contributed by atoms with Gasteiger partial charge in [-0.15, -0.1) is 0 Å². The molecule has 1 aromatic heterocycles. The third-order valence-electron chi connectivity index (χ3n) is 1.90. The van der Waals surface area contributed by atoms with Crippen LogP contribution in [0.25, 0.3) is 0 Å². The molecule has 0 radical (unpaired) electrons. The van der Waals surface area contributed by atoms with Crippen LogP contribution in [0.15, 0.2) is 12.3 Å². The molecule has 0 fully saturated rings. The third kappa shape index (κ3) is 2.52. The molecule has 0 atom stereocenters. The maximum absolute atomic E-state index is 7.76. The van der Waals surface area contributed by atoms with Crippen LogP contribution >= 0.6 is 11.6 Å². The predicted octanol–water partition coefficient (Wildman–Crippen LogP) is 3.21. The van der Waals surface area contributed by atoms with Gasteiger partial charge < -0.3 is 5.41 Å². The summed E-state index contributed by atoms with van der Waals surface area (Å²) in [5.74, 6) is 0. The van der Waals surface area contributed by atoms with E-state index in [4.69, 9.17) is 17.0 Å². The van der Waals surface area contributed by atoms with Crippen LogP contribution in [0.2, 0.25) is 5.15 Å². The fraction of sp³-hybridized carbons (Fsp3) is 0.400. The van der Waals surface area contributed by atoms with Gasteiger partial charge in [-0.25, -0.2) is 4.98 Å². The van der Waals surface area contributed by atoms with E-state index in [1.807, 2.05) is 6.92 Å². The van der Waals surface area contributed by atoms with Crippen LogP contribution in [0.3, 0.4) is 0 Å². The number of hydrogen-bond acceptors (Lipinski definition) is 2. The van der Waals surface area contributed by atoms with E-state index in [0.29, 0.717) is 10.9 Å². The lowest BCUT2D eigenvalue weighted by Crippen LogP contribution is -2.01. The normalized spacial score (nSPS) is 10.1. The van der Waals surface area contributed by atoms with Gasteiger partial charge in [-0.1, -0.05) is 24.9 Å². The Hall–Kier alpha value is -0.890. The standard InChI is InChI=1S/C10H13ClN2/c1-3-4-9(12)8-6-13-10(11)5-7(8)2/h5-6,12H,3-4H2,1-2H3. The number of rotatable bonds is 3. The van der Waals surface area contributed by atoms with Gasteiger partial charge in [-0.2, -0.15) is 0 Å². The van der Waals surface area contributed by atoms with Crippen molar-refractivity contribution in [1.29, 1.82) is 5.41 Å². The van der Waals surface area contributed by atoms with Crippen molar-refractivity contribution in [1.82, 2.24) is 4.98 Å². The van der Waals surface area contributed by atoms with Crippen molar-refractivity contribution < 1.29 is 0 Å². The first-order valence-electron chi connectivity index (χ1n) is 4.35. The molecule has 2 nitrogen and oxygen atoms in total. The largest absolute Gasteiger partial charge is 0.305 e. The monoisotopic (exact) mass is 196 g/mol. The van der Waals surface area contributed by atoms with E-state index in [0.717, 1.165) is 24.0 Å². The Kier molecular flexibility index (Phi) is 3.43. The van der Waals surface area contributed by atoms with Gasteiger partial charge in [0.15, 0.2) is 0 Å². The average Bonchev–Trinajstić information content (AvgIpc) is 2.04. The molecule has 1 heterocycles. The number of nitrogens with one attached hydrogen (secondary N) is 1. The summed E-state index contributed by atoms with van der Waals surface area (Å²) < 4.78 is 0. The minimum Gasteiger partial charge on any atom is -0.305 e. The number of pyridine rings is 1. The average molecular weight is 197 g/mol. The molecule has 0 bridgehead atoms. The van der Waals surface area contributed by atoms with E-state index in [2.05, 4.69) is 11.9 Å². The molecule has 0 unspecified atom stereocenters. The maximum Gasteiger partial charge on any atom is 0.129 e. The zero-order chi connectivity index (χ0) is 9.84. The Morgan fingerprint density at radius 3 is 2.85 bits per heavy atom. The van der Waals surface area contributed by atoms with Crippen LogP contribution < -0.4 is 0 Å². The summed E-state index contributed by atoms with van der Waals surface area (Å²) >= 11 is 5.72. The van der Waals surface area contributed by atoms with Gasteiger partial charge in [0.2, 0.25) is 0 Å². The molecule has 1 aromatic rings. The zero-order valence-corrected chi connectivity index (χ0v) is 8.65. The van der Waals surface area contributed by atoms with Crippen molar-refractivity contribution in [2.75, 3.05) is 0 Å². The molecular formula is C10H13ClN2. The Labute approximate surface area is 83.5 Å². The van der Waals surface area contributed by atoms with Crippen LogP contribution in [0.4, 0.5) is 0 Å². The van der Waals surface area contributed by atoms with E-state index >= 15 is 0 Å². The van der Waals surface area contributed by atoms with Crippen LogP contribution in [0.5, 0.6) is 0 Å². The fourth-order valence-corrected chi connectivity index (χ4v) is 1.43. The first kappa shape index (κ1) is 10.2. The van der Waals surface area contributed by atoms with Gasteiger partial charge in [0.05, 0.1) is 0 Å². The Bertz CT molecular complexity index is 321. The number of aromatic nitrogens is 1. The lowest BCUT2D eigenvalue weighted by atomic mass is 10.0. The molecule has 0 aliphatic carbocycles. The second-order valence-corrected chi connectivity index (χ2v) is 3.44. The minimum atomic E-state index is 0.491. The molecule has 1 N–H and O–H groups in total. The molecule has 0 aliphatic rings. The van der Waals surface area contributed by atoms with Gasteiger partial charge in [0.1, 0.15) is 5.15 Å². The van der Waals surface area contributed by atoms with Crippen LogP contribution in [-0.4, -0.2) is 10.7 Å². The molecule has 0 saturated heterocycles. The van der Waals surface area contributed by atoms with Gasteiger partial charge in [0.25, 0.3) is 0 Å². The van der Waals surface area contributed by atoms with Crippen LogP contribution in [0.1, 0.15) is 30.9 Å². The lowest BCUT2D eigenvalue weighted by Gasteiger charge is -2.05. The smallest absolute Gasteiger partial charge is 0.129 e. The van der Waals surface area contributed by atoms with Crippen molar-refractivity contribution in [3.05, 3.63) is 28.5 Å². The molecule has 13 heavy (non-hydrogen) atoms.